The number of ether oxygens (including phenoxy) is 3. The van der Waals surface area contributed by atoms with E-state index in [1.54, 1.807) is 20.3 Å². The Labute approximate surface area is 194 Å². The number of carbonyl (C=O) groups excluding carboxylic acids is 1. The predicted octanol–water partition coefficient (Wildman–Crippen LogP) is 5.17. The fourth-order valence-corrected chi connectivity index (χ4v) is 3.41. The third-order valence-corrected chi connectivity index (χ3v) is 5.41. The molecule has 1 heterocycles. The average molecular weight is 451 g/mol. The summed E-state index contributed by atoms with van der Waals surface area (Å²) in [5.41, 5.74) is 3.57. The summed E-state index contributed by atoms with van der Waals surface area (Å²) >= 11 is 0. The molecular weight excluding hydrogens is 420 g/mol. The van der Waals surface area contributed by atoms with E-state index >= 15 is 0 Å². The Hall–Kier alpha value is -3.74. The van der Waals surface area contributed by atoms with Gasteiger partial charge in [0, 0.05) is 6.08 Å². The van der Waals surface area contributed by atoms with Gasteiger partial charge in [-0.1, -0.05) is 30.3 Å². The van der Waals surface area contributed by atoms with Gasteiger partial charge in [0.25, 0.3) is 0 Å². The molecule has 7 nitrogen and oxygen atoms in total. The van der Waals surface area contributed by atoms with Crippen LogP contribution in [0.25, 0.3) is 6.08 Å². The summed E-state index contributed by atoms with van der Waals surface area (Å²) in [5, 5.41) is 6.98. The molecule has 1 atom stereocenters. The van der Waals surface area contributed by atoms with E-state index in [-0.39, 0.29) is 11.9 Å². The third kappa shape index (κ3) is 6.16. The molecule has 0 aliphatic carbocycles. The van der Waals surface area contributed by atoms with E-state index in [1.165, 1.54) is 6.08 Å². The molecule has 3 rings (SSSR count). The van der Waals surface area contributed by atoms with E-state index < -0.39 is 0 Å². The van der Waals surface area contributed by atoms with Gasteiger partial charge >= 0.3 is 0 Å². The molecular formula is C26H30N2O5. The molecule has 1 aromatic heterocycles. The minimum atomic E-state index is -0.171. The van der Waals surface area contributed by atoms with Crippen LogP contribution >= 0.6 is 0 Å². The van der Waals surface area contributed by atoms with Crippen molar-refractivity contribution in [1.82, 2.24) is 10.5 Å². The topological polar surface area (TPSA) is 82.8 Å². The van der Waals surface area contributed by atoms with Gasteiger partial charge in [-0.3, -0.25) is 4.79 Å². The summed E-state index contributed by atoms with van der Waals surface area (Å²) in [6.07, 6.45) is 4.04. The molecule has 0 fully saturated rings. The van der Waals surface area contributed by atoms with Gasteiger partial charge in [-0.15, -0.1) is 0 Å². The summed E-state index contributed by atoms with van der Waals surface area (Å²) in [6, 6.07) is 13.1. The van der Waals surface area contributed by atoms with Crippen LogP contribution in [0.15, 0.2) is 53.1 Å². The van der Waals surface area contributed by atoms with Crippen molar-refractivity contribution in [2.75, 3.05) is 14.2 Å². The summed E-state index contributed by atoms with van der Waals surface area (Å²) in [4.78, 5) is 12.5. The van der Waals surface area contributed by atoms with Crippen molar-refractivity contribution in [3.63, 3.8) is 0 Å². The lowest BCUT2D eigenvalue weighted by atomic mass is 10.0. The van der Waals surface area contributed by atoms with Crippen LogP contribution in [0.3, 0.4) is 0 Å². The van der Waals surface area contributed by atoms with E-state index in [0.717, 1.165) is 40.3 Å². The van der Waals surface area contributed by atoms with Crippen LogP contribution in [0.5, 0.6) is 17.2 Å². The molecule has 0 aliphatic heterocycles. The first-order valence-corrected chi connectivity index (χ1v) is 10.8. The first kappa shape index (κ1) is 23.9. The van der Waals surface area contributed by atoms with Crippen molar-refractivity contribution in [2.24, 2.45) is 0 Å². The van der Waals surface area contributed by atoms with Gasteiger partial charge in [-0.05, 0) is 61.7 Å². The number of hydrogen-bond acceptors (Lipinski definition) is 6. The Morgan fingerprint density at radius 1 is 1.09 bits per heavy atom. The number of nitrogens with zero attached hydrogens (tertiary/aromatic N) is 1. The zero-order valence-electron chi connectivity index (χ0n) is 19.7. The SMILES string of the molecule is CCC(NC(=O)/C=C/c1ccc(OCc2c(C)noc2C)c(OC)c1)c1ccc(OC)cc1. The summed E-state index contributed by atoms with van der Waals surface area (Å²) in [5.74, 6) is 2.53. The van der Waals surface area contributed by atoms with Crippen LogP contribution in [-0.4, -0.2) is 25.3 Å². The Bertz CT molecular complexity index is 1080. The van der Waals surface area contributed by atoms with Crippen molar-refractivity contribution in [2.45, 2.75) is 39.8 Å². The smallest absolute Gasteiger partial charge is 0.244 e. The number of benzene rings is 2. The Morgan fingerprint density at radius 3 is 2.45 bits per heavy atom. The highest BCUT2D eigenvalue weighted by molar-refractivity contribution is 5.92. The largest absolute Gasteiger partial charge is 0.497 e. The molecule has 0 bridgehead atoms. The summed E-state index contributed by atoms with van der Waals surface area (Å²) in [7, 11) is 3.21. The van der Waals surface area contributed by atoms with Crippen LogP contribution < -0.4 is 19.5 Å². The van der Waals surface area contributed by atoms with Gasteiger partial charge in [-0.2, -0.15) is 0 Å². The molecule has 2 aromatic carbocycles. The van der Waals surface area contributed by atoms with Gasteiger partial charge < -0.3 is 24.1 Å². The molecule has 0 radical (unpaired) electrons. The van der Waals surface area contributed by atoms with E-state index in [1.807, 2.05) is 63.2 Å². The molecule has 7 heteroatoms. The fraction of sp³-hybridized carbons (Fsp3) is 0.308. The van der Waals surface area contributed by atoms with Gasteiger partial charge in [0.2, 0.25) is 5.91 Å². The van der Waals surface area contributed by atoms with Crippen molar-refractivity contribution in [3.8, 4) is 17.2 Å². The monoisotopic (exact) mass is 450 g/mol. The highest BCUT2D eigenvalue weighted by Crippen LogP contribution is 2.30. The molecule has 1 amide bonds. The van der Waals surface area contributed by atoms with E-state index in [2.05, 4.69) is 10.5 Å². The second kappa shape index (κ2) is 11.2. The lowest BCUT2D eigenvalue weighted by Gasteiger charge is -2.16. The van der Waals surface area contributed by atoms with E-state index in [4.69, 9.17) is 18.7 Å². The Morgan fingerprint density at radius 2 is 1.85 bits per heavy atom. The summed E-state index contributed by atoms with van der Waals surface area (Å²) < 4.78 is 21.8. The zero-order chi connectivity index (χ0) is 23.8. The minimum absolute atomic E-state index is 0.0808. The van der Waals surface area contributed by atoms with Crippen LogP contribution in [-0.2, 0) is 11.4 Å². The lowest BCUT2D eigenvalue weighted by molar-refractivity contribution is -0.117. The predicted molar refractivity (Wildman–Crippen MR) is 127 cm³/mol. The lowest BCUT2D eigenvalue weighted by Crippen LogP contribution is -2.26. The quantitative estimate of drug-likeness (QED) is 0.429. The van der Waals surface area contributed by atoms with Crippen LogP contribution in [0, 0.1) is 13.8 Å². The Balaban J connectivity index is 1.64. The number of methoxy groups -OCH3 is 2. The van der Waals surface area contributed by atoms with Gasteiger partial charge in [0.15, 0.2) is 11.5 Å². The number of amides is 1. The van der Waals surface area contributed by atoms with Gasteiger partial charge in [-0.25, -0.2) is 0 Å². The third-order valence-electron chi connectivity index (χ3n) is 5.41. The number of aromatic nitrogens is 1. The number of aryl methyl sites for hydroxylation is 2. The van der Waals surface area contributed by atoms with Crippen molar-refractivity contribution in [1.29, 1.82) is 0 Å². The standard InChI is InChI=1S/C26H30N2O5/c1-6-23(20-9-11-21(30-4)12-10-20)27-26(29)14-8-19-7-13-24(25(15-19)31-5)32-16-22-17(2)28-33-18(22)3/h7-15,23H,6,16H2,1-5H3,(H,27,29)/b14-8+. The van der Waals surface area contributed by atoms with Gasteiger partial charge in [0.05, 0.1) is 31.5 Å². The molecule has 174 valence electrons. The molecule has 3 aromatic rings. The van der Waals surface area contributed by atoms with Crippen molar-refractivity contribution in [3.05, 3.63) is 76.7 Å². The highest BCUT2D eigenvalue weighted by atomic mass is 16.5. The number of rotatable bonds is 10. The molecule has 0 spiro atoms. The Kier molecular flexibility index (Phi) is 8.13. The average Bonchev–Trinajstić information content (AvgIpc) is 3.17. The summed E-state index contributed by atoms with van der Waals surface area (Å²) in [6.45, 7) is 6.10. The van der Waals surface area contributed by atoms with Gasteiger partial charge in [0.1, 0.15) is 18.1 Å². The normalized spacial score (nSPS) is 11.9. The second-order valence-electron chi connectivity index (χ2n) is 7.58. The minimum Gasteiger partial charge on any atom is -0.497 e. The molecule has 1 N–H and O–H groups in total. The molecule has 0 saturated carbocycles. The maximum Gasteiger partial charge on any atom is 0.244 e. The number of hydrogen-bond donors (Lipinski definition) is 1. The second-order valence-corrected chi connectivity index (χ2v) is 7.58. The number of carbonyl (C=O) groups is 1. The van der Waals surface area contributed by atoms with Crippen molar-refractivity contribution < 1.29 is 23.5 Å². The first-order chi connectivity index (χ1) is 15.9. The maximum absolute atomic E-state index is 12.5. The molecule has 33 heavy (non-hydrogen) atoms. The highest BCUT2D eigenvalue weighted by Gasteiger charge is 2.13. The first-order valence-electron chi connectivity index (χ1n) is 10.8. The van der Waals surface area contributed by atoms with Crippen LogP contribution in [0.1, 0.15) is 47.5 Å². The van der Waals surface area contributed by atoms with E-state index in [9.17, 15) is 4.79 Å². The number of nitrogens with one attached hydrogen (secondary N) is 1. The van der Waals surface area contributed by atoms with Crippen LogP contribution in [0.2, 0.25) is 0 Å². The van der Waals surface area contributed by atoms with E-state index in [0.29, 0.717) is 18.1 Å². The molecule has 1 unspecified atom stereocenters. The maximum atomic E-state index is 12.5. The molecule has 0 aliphatic rings. The molecule has 0 saturated heterocycles. The zero-order valence-corrected chi connectivity index (χ0v) is 19.7. The van der Waals surface area contributed by atoms with Crippen LogP contribution in [0.4, 0.5) is 0 Å². The fourth-order valence-electron chi connectivity index (χ4n) is 3.41. The van der Waals surface area contributed by atoms with Crippen molar-refractivity contribution >= 4 is 12.0 Å².